The first kappa shape index (κ1) is 23.2. The van der Waals surface area contributed by atoms with Crippen molar-refractivity contribution in [3.05, 3.63) is 77.6 Å². The average molecular weight is 490 g/mol. The molecule has 1 fully saturated rings. The van der Waals surface area contributed by atoms with Gasteiger partial charge < -0.3 is 9.64 Å². The fraction of sp³-hybridized carbons (Fsp3) is 0.333. The molecule has 2 aliphatic heterocycles. The summed E-state index contributed by atoms with van der Waals surface area (Å²) in [6, 6.07) is 20.0. The third kappa shape index (κ3) is 4.00. The van der Waals surface area contributed by atoms with Crippen LogP contribution in [0.15, 0.2) is 65.6 Å². The van der Waals surface area contributed by atoms with Crippen LogP contribution in [-0.4, -0.2) is 42.6 Å². The van der Waals surface area contributed by atoms with Crippen molar-refractivity contribution < 1.29 is 17.9 Å². The number of nitrogens with zero attached hydrogens (tertiary/aromatic N) is 3. The number of piperidine rings is 1. The van der Waals surface area contributed by atoms with Crippen molar-refractivity contribution in [2.24, 2.45) is 5.92 Å². The Balaban J connectivity index is 1.35. The molecule has 5 rings (SSSR count). The van der Waals surface area contributed by atoms with Crippen molar-refractivity contribution in [1.82, 2.24) is 9.47 Å². The first-order chi connectivity index (χ1) is 16.7. The van der Waals surface area contributed by atoms with Gasteiger partial charge in [-0.25, -0.2) is 8.42 Å². The maximum absolute atomic E-state index is 13.2. The van der Waals surface area contributed by atoms with E-state index in [0.29, 0.717) is 37.2 Å². The van der Waals surface area contributed by atoms with Crippen LogP contribution in [0, 0.1) is 17.2 Å². The molecule has 3 aromatic rings. The predicted molar refractivity (Wildman–Crippen MR) is 131 cm³/mol. The summed E-state index contributed by atoms with van der Waals surface area (Å²) in [6.45, 7) is 4.71. The van der Waals surface area contributed by atoms with Gasteiger partial charge in [0.15, 0.2) is 15.4 Å². The molecule has 0 bridgehead atoms. The number of amides is 1. The first-order valence-electron chi connectivity index (χ1n) is 11.8. The molecule has 7 nitrogen and oxygen atoms in total. The largest absolute Gasteiger partial charge is 0.479 e. The molecule has 1 amide bonds. The second-order valence-electron chi connectivity index (χ2n) is 9.61. The summed E-state index contributed by atoms with van der Waals surface area (Å²) in [5.41, 5.74) is 2.19. The number of para-hydroxylation sites is 2. The summed E-state index contributed by atoms with van der Waals surface area (Å²) < 4.78 is 33.4. The predicted octanol–water partition coefficient (Wildman–Crippen LogP) is 4.30. The van der Waals surface area contributed by atoms with Crippen LogP contribution in [0.4, 0.5) is 0 Å². The Bertz CT molecular complexity index is 1420. The van der Waals surface area contributed by atoms with Gasteiger partial charge in [-0.3, -0.25) is 9.36 Å². The van der Waals surface area contributed by atoms with E-state index in [-0.39, 0.29) is 22.5 Å². The van der Waals surface area contributed by atoms with Crippen LogP contribution in [0.3, 0.4) is 0 Å². The summed E-state index contributed by atoms with van der Waals surface area (Å²) in [4.78, 5) is 15.2. The fourth-order valence-electron chi connectivity index (χ4n) is 5.08. The summed E-state index contributed by atoms with van der Waals surface area (Å²) in [7, 11) is -3.37. The Labute approximate surface area is 205 Å². The van der Waals surface area contributed by atoms with Crippen LogP contribution in [-0.2, 0) is 15.4 Å². The zero-order valence-corrected chi connectivity index (χ0v) is 20.6. The van der Waals surface area contributed by atoms with Gasteiger partial charge in [0.05, 0.1) is 22.0 Å². The maximum atomic E-state index is 13.2. The second kappa shape index (κ2) is 8.58. The third-order valence-corrected chi connectivity index (χ3v) is 8.84. The number of hydrogen-bond donors (Lipinski definition) is 0. The highest BCUT2D eigenvalue weighted by Gasteiger charge is 2.45. The summed E-state index contributed by atoms with van der Waals surface area (Å²) in [5.74, 6) is 0.705. The lowest BCUT2D eigenvalue weighted by atomic mass is 9.86. The molecule has 8 heteroatoms. The topological polar surface area (TPSA) is 92.4 Å². The molecule has 0 saturated carbocycles. The molecule has 1 saturated heterocycles. The molecule has 0 atom stereocenters. The van der Waals surface area contributed by atoms with E-state index in [4.69, 9.17) is 4.74 Å². The summed E-state index contributed by atoms with van der Waals surface area (Å²) in [5, 5.41) is 9.65. The van der Waals surface area contributed by atoms with E-state index in [0.717, 1.165) is 17.1 Å². The zero-order valence-electron chi connectivity index (χ0n) is 19.8. The van der Waals surface area contributed by atoms with Crippen molar-refractivity contribution in [3.8, 4) is 17.5 Å². The van der Waals surface area contributed by atoms with Gasteiger partial charge in [0.1, 0.15) is 17.5 Å². The van der Waals surface area contributed by atoms with E-state index < -0.39 is 15.4 Å². The van der Waals surface area contributed by atoms with Gasteiger partial charge >= 0.3 is 0 Å². The standard InChI is InChI=1S/C27H27N3O4S/c1-19(2)18-35(32,33)22-10-7-20(8-11-22)26(31)29-15-13-27(14-16-29)25-12-9-21(17-28)30(25)23-5-3-4-6-24(23)34-27/h3-12,19H,13-16,18H2,1-2H3. The summed E-state index contributed by atoms with van der Waals surface area (Å²) in [6.07, 6.45) is 1.17. The number of sulfone groups is 1. The molecule has 0 aliphatic carbocycles. The third-order valence-electron chi connectivity index (χ3n) is 6.75. The van der Waals surface area contributed by atoms with Crippen LogP contribution in [0.25, 0.3) is 5.69 Å². The number of benzene rings is 2. The number of rotatable bonds is 4. The highest BCUT2D eigenvalue weighted by atomic mass is 32.2. The SMILES string of the molecule is CC(C)CS(=O)(=O)c1ccc(C(=O)N2CCC3(CC2)Oc2ccccc2-n2c(C#N)ccc23)cc1. The number of fused-ring (bicyclic) bond motifs is 4. The lowest BCUT2D eigenvalue weighted by molar-refractivity contribution is -0.00937. The number of hydrogen-bond acceptors (Lipinski definition) is 5. The molecular formula is C27H27N3O4S. The lowest BCUT2D eigenvalue weighted by Crippen LogP contribution is -2.50. The minimum absolute atomic E-state index is 0.0290. The van der Waals surface area contributed by atoms with Crippen molar-refractivity contribution in [1.29, 1.82) is 5.26 Å². The number of ether oxygens (including phenoxy) is 1. The molecule has 3 heterocycles. The van der Waals surface area contributed by atoms with Crippen LogP contribution in [0.1, 0.15) is 48.4 Å². The minimum Gasteiger partial charge on any atom is -0.479 e. The van der Waals surface area contributed by atoms with Crippen LogP contribution in [0.5, 0.6) is 5.75 Å². The number of nitriles is 1. The number of carbonyl (C=O) groups is 1. The van der Waals surface area contributed by atoms with Gasteiger partial charge in [-0.1, -0.05) is 26.0 Å². The average Bonchev–Trinajstić information content (AvgIpc) is 3.29. The van der Waals surface area contributed by atoms with E-state index in [1.54, 1.807) is 17.0 Å². The molecule has 0 N–H and O–H groups in total. The monoisotopic (exact) mass is 489 g/mol. The molecule has 0 radical (unpaired) electrons. The van der Waals surface area contributed by atoms with Crippen molar-refractivity contribution in [2.75, 3.05) is 18.8 Å². The Kier molecular flexibility index (Phi) is 5.68. The Morgan fingerprint density at radius 1 is 1.06 bits per heavy atom. The number of likely N-dealkylation sites (tertiary alicyclic amines) is 1. The lowest BCUT2D eigenvalue weighted by Gasteiger charge is -2.45. The normalized spacial score (nSPS) is 16.3. The molecule has 1 aromatic heterocycles. The van der Waals surface area contributed by atoms with Crippen molar-refractivity contribution in [3.63, 3.8) is 0 Å². The van der Waals surface area contributed by atoms with Crippen molar-refractivity contribution >= 4 is 15.7 Å². The van der Waals surface area contributed by atoms with Gasteiger partial charge in [0.2, 0.25) is 0 Å². The van der Waals surface area contributed by atoms with Gasteiger partial charge in [0, 0.05) is 31.5 Å². The van der Waals surface area contributed by atoms with Gasteiger partial charge in [-0.15, -0.1) is 0 Å². The van der Waals surface area contributed by atoms with Gasteiger partial charge in [-0.2, -0.15) is 5.26 Å². The molecule has 2 aromatic carbocycles. The zero-order chi connectivity index (χ0) is 24.8. The molecule has 35 heavy (non-hydrogen) atoms. The van der Waals surface area contributed by atoms with E-state index in [1.807, 2.05) is 54.8 Å². The van der Waals surface area contributed by atoms with E-state index in [9.17, 15) is 18.5 Å². The van der Waals surface area contributed by atoms with E-state index >= 15 is 0 Å². The van der Waals surface area contributed by atoms with Gasteiger partial charge in [-0.05, 0) is 54.4 Å². The van der Waals surface area contributed by atoms with E-state index in [2.05, 4.69) is 6.07 Å². The molecule has 180 valence electrons. The summed E-state index contributed by atoms with van der Waals surface area (Å²) >= 11 is 0. The first-order valence-corrected chi connectivity index (χ1v) is 13.4. The second-order valence-corrected chi connectivity index (χ2v) is 11.6. The molecule has 2 aliphatic rings. The molecule has 1 spiro atoms. The molecular weight excluding hydrogens is 462 g/mol. The number of aromatic nitrogens is 1. The van der Waals surface area contributed by atoms with Crippen molar-refractivity contribution in [2.45, 2.75) is 37.2 Å². The van der Waals surface area contributed by atoms with Gasteiger partial charge in [0.25, 0.3) is 5.91 Å². The minimum atomic E-state index is -3.37. The van der Waals surface area contributed by atoms with E-state index in [1.165, 1.54) is 12.1 Å². The Morgan fingerprint density at radius 3 is 2.40 bits per heavy atom. The quantitative estimate of drug-likeness (QED) is 0.545. The number of carbonyl (C=O) groups excluding carboxylic acids is 1. The van der Waals surface area contributed by atoms with Crippen LogP contribution in [0.2, 0.25) is 0 Å². The molecule has 0 unspecified atom stereocenters. The Hall–Kier alpha value is -3.57. The van der Waals surface area contributed by atoms with Crippen LogP contribution < -0.4 is 4.74 Å². The highest BCUT2D eigenvalue weighted by molar-refractivity contribution is 7.91. The fourth-order valence-corrected chi connectivity index (χ4v) is 6.70. The Morgan fingerprint density at radius 2 is 1.74 bits per heavy atom. The smallest absolute Gasteiger partial charge is 0.253 e. The van der Waals surface area contributed by atoms with Crippen LogP contribution >= 0.6 is 0 Å². The maximum Gasteiger partial charge on any atom is 0.253 e. The highest BCUT2D eigenvalue weighted by Crippen LogP contribution is 2.45.